The van der Waals surface area contributed by atoms with Crippen molar-refractivity contribution in [3.05, 3.63) is 58.9 Å². The Hall–Kier alpha value is -2.87. The minimum absolute atomic E-state index is 0.281. The Balaban J connectivity index is 1.91. The molecule has 0 aliphatic carbocycles. The number of methoxy groups -OCH3 is 2. The summed E-state index contributed by atoms with van der Waals surface area (Å²) in [6, 6.07) is 11.6. The van der Waals surface area contributed by atoms with E-state index in [1.807, 2.05) is 12.1 Å². The molecule has 0 aliphatic rings. The van der Waals surface area contributed by atoms with Gasteiger partial charge >= 0.3 is 0 Å². The molecule has 0 aliphatic heterocycles. The van der Waals surface area contributed by atoms with Crippen molar-refractivity contribution in [1.29, 1.82) is 0 Å². The first-order chi connectivity index (χ1) is 12.1. The number of benzene rings is 2. The molecule has 0 radical (unpaired) electrons. The van der Waals surface area contributed by atoms with Gasteiger partial charge in [0.1, 0.15) is 17.3 Å². The lowest BCUT2D eigenvalue weighted by Crippen LogP contribution is -2.08. The fourth-order valence-corrected chi connectivity index (χ4v) is 2.64. The summed E-state index contributed by atoms with van der Waals surface area (Å²) in [5.41, 5.74) is 1.55. The zero-order valence-corrected chi connectivity index (χ0v) is 14.6. The number of nitrogens with one attached hydrogen (secondary N) is 2. The second-order valence-electron chi connectivity index (χ2n) is 5.21. The van der Waals surface area contributed by atoms with Crippen molar-refractivity contribution in [2.24, 2.45) is 0 Å². The van der Waals surface area contributed by atoms with Crippen molar-refractivity contribution >= 4 is 17.9 Å². The Kier molecular flexibility index (Phi) is 4.99. The Morgan fingerprint density at radius 3 is 2.36 bits per heavy atom. The molecule has 1 aromatic heterocycles. The zero-order valence-electron chi connectivity index (χ0n) is 13.7. The molecular formula is C17H17FN4O2S. The van der Waals surface area contributed by atoms with Gasteiger partial charge in [-0.25, -0.2) is 4.39 Å². The molecule has 0 saturated carbocycles. The Labute approximate surface area is 149 Å². The van der Waals surface area contributed by atoms with Crippen LogP contribution < -0.4 is 14.8 Å². The maximum Gasteiger partial charge on any atom is 0.199 e. The molecule has 0 amide bonds. The second-order valence-corrected chi connectivity index (χ2v) is 5.60. The molecule has 0 bridgehead atoms. The predicted molar refractivity (Wildman–Crippen MR) is 95.6 cm³/mol. The second kappa shape index (κ2) is 7.35. The normalized spacial score (nSPS) is 10.5. The van der Waals surface area contributed by atoms with Crippen LogP contribution in [0.1, 0.15) is 5.82 Å². The van der Waals surface area contributed by atoms with Crippen LogP contribution in [0.15, 0.2) is 42.5 Å². The van der Waals surface area contributed by atoms with Crippen LogP contribution >= 0.6 is 12.2 Å². The molecule has 6 nitrogen and oxygen atoms in total. The Morgan fingerprint density at radius 2 is 1.76 bits per heavy atom. The highest BCUT2D eigenvalue weighted by Gasteiger charge is 2.11. The number of nitrogens with zero attached hydrogens (tertiary/aromatic N) is 2. The molecule has 130 valence electrons. The maximum atomic E-state index is 13.0. The van der Waals surface area contributed by atoms with E-state index < -0.39 is 0 Å². The molecule has 0 fully saturated rings. The van der Waals surface area contributed by atoms with Crippen LogP contribution in [0.4, 0.5) is 10.1 Å². The average Bonchev–Trinajstić information content (AvgIpc) is 3.01. The van der Waals surface area contributed by atoms with Crippen LogP contribution in [0.2, 0.25) is 0 Å². The smallest absolute Gasteiger partial charge is 0.199 e. The first-order valence-electron chi connectivity index (χ1n) is 7.50. The Morgan fingerprint density at radius 1 is 1.12 bits per heavy atom. The van der Waals surface area contributed by atoms with E-state index in [4.69, 9.17) is 21.7 Å². The number of ether oxygens (including phenoxy) is 2. The third-order valence-electron chi connectivity index (χ3n) is 3.63. The van der Waals surface area contributed by atoms with Gasteiger partial charge in [0.2, 0.25) is 0 Å². The van der Waals surface area contributed by atoms with Gasteiger partial charge in [0, 0.05) is 23.9 Å². The van der Waals surface area contributed by atoms with Gasteiger partial charge in [-0.15, -0.1) is 0 Å². The van der Waals surface area contributed by atoms with Crippen molar-refractivity contribution in [1.82, 2.24) is 14.8 Å². The molecule has 1 heterocycles. The molecule has 0 saturated heterocycles. The van der Waals surface area contributed by atoms with E-state index in [1.54, 1.807) is 37.0 Å². The van der Waals surface area contributed by atoms with Gasteiger partial charge in [0.15, 0.2) is 10.6 Å². The highest BCUT2D eigenvalue weighted by Crippen LogP contribution is 2.26. The molecule has 0 spiro atoms. The quantitative estimate of drug-likeness (QED) is 0.656. The number of rotatable bonds is 6. The van der Waals surface area contributed by atoms with E-state index in [2.05, 4.69) is 15.5 Å². The van der Waals surface area contributed by atoms with Crippen LogP contribution in [0.5, 0.6) is 11.5 Å². The summed E-state index contributed by atoms with van der Waals surface area (Å²) in [6.45, 7) is 0.401. The first kappa shape index (κ1) is 17.0. The van der Waals surface area contributed by atoms with E-state index in [0.717, 1.165) is 11.4 Å². The maximum absolute atomic E-state index is 13.0. The Bertz CT molecular complexity index is 899. The lowest BCUT2D eigenvalue weighted by Gasteiger charge is -2.12. The molecule has 3 aromatic rings. The molecule has 2 N–H and O–H groups in total. The third kappa shape index (κ3) is 3.80. The SMILES string of the molecule is COc1cc(OC)cc(-n2c(CNc3ccc(F)cc3)n[nH]c2=S)c1. The number of anilines is 1. The lowest BCUT2D eigenvalue weighted by molar-refractivity contribution is 0.394. The summed E-state index contributed by atoms with van der Waals surface area (Å²) in [6.07, 6.45) is 0. The highest BCUT2D eigenvalue weighted by molar-refractivity contribution is 7.71. The monoisotopic (exact) mass is 360 g/mol. The molecular weight excluding hydrogens is 343 g/mol. The van der Waals surface area contributed by atoms with Gasteiger partial charge in [-0.3, -0.25) is 9.67 Å². The van der Waals surface area contributed by atoms with Crippen LogP contribution in [0.25, 0.3) is 5.69 Å². The largest absolute Gasteiger partial charge is 0.497 e. The fourth-order valence-electron chi connectivity index (χ4n) is 2.38. The zero-order chi connectivity index (χ0) is 17.8. The summed E-state index contributed by atoms with van der Waals surface area (Å²) < 4.78 is 25.8. The summed E-state index contributed by atoms with van der Waals surface area (Å²) in [5.74, 6) is 1.69. The summed E-state index contributed by atoms with van der Waals surface area (Å²) >= 11 is 5.35. The van der Waals surface area contributed by atoms with Gasteiger partial charge in [-0.05, 0) is 36.5 Å². The van der Waals surface area contributed by atoms with Gasteiger partial charge in [-0.1, -0.05) is 0 Å². The molecule has 0 atom stereocenters. The van der Waals surface area contributed by atoms with Gasteiger partial charge in [0.25, 0.3) is 0 Å². The van der Waals surface area contributed by atoms with Crippen molar-refractivity contribution in [3.63, 3.8) is 0 Å². The van der Waals surface area contributed by atoms with Crippen LogP contribution in [-0.2, 0) is 6.54 Å². The summed E-state index contributed by atoms with van der Waals surface area (Å²) in [7, 11) is 3.17. The molecule has 2 aromatic carbocycles. The first-order valence-corrected chi connectivity index (χ1v) is 7.90. The van der Waals surface area contributed by atoms with E-state index in [1.165, 1.54) is 12.1 Å². The molecule has 8 heteroatoms. The number of aromatic amines is 1. The fraction of sp³-hybridized carbons (Fsp3) is 0.176. The molecule has 0 unspecified atom stereocenters. The van der Waals surface area contributed by atoms with Crippen molar-refractivity contribution < 1.29 is 13.9 Å². The van der Waals surface area contributed by atoms with E-state index in [9.17, 15) is 4.39 Å². The van der Waals surface area contributed by atoms with Crippen molar-refractivity contribution in [2.75, 3.05) is 19.5 Å². The number of hydrogen-bond acceptors (Lipinski definition) is 5. The van der Waals surface area contributed by atoms with Gasteiger partial charge in [0.05, 0.1) is 26.5 Å². The van der Waals surface area contributed by atoms with Crippen LogP contribution in [0, 0.1) is 10.6 Å². The standard InChI is InChI=1S/C17H17FN4O2S/c1-23-14-7-13(8-15(9-14)24-2)22-16(20-21-17(22)25)10-19-12-5-3-11(18)4-6-12/h3-9,19H,10H2,1-2H3,(H,21,25). The minimum Gasteiger partial charge on any atom is -0.497 e. The van der Waals surface area contributed by atoms with Gasteiger partial charge < -0.3 is 14.8 Å². The van der Waals surface area contributed by atoms with Crippen molar-refractivity contribution in [2.45, 2.75) is 6.54 Å². The number of aromatic nitrogens is 3. The van der Waals surface area contributed by atoms with Crippen LogP contribution in [-0.4, -0.2) is 29.0 Å². The number of hydrogen-bond donors (Lipinski definition) is 2. The average molecular weight is 360 g/mol. The highest BCUT2D eigenvalue weighted by atomic mass is 32.1. The topological polar surface area (TPSA) is 64.1 Å². The molecule has 25 heavy (non-hydrogen) atoms. The minimum atomic E-state index is -0.281. The van der Waals surface area contributed by atoms with E-state index in [0.29, 0.717) is 28.6 Å². The lowest BCUT2D eigenvalue weighted by atomic mass is 10.2. The number of H-pyrrole nitrogens is 1. The van der Waals surface area contributed by atoms with Crippen LogP contribution in [0.3, 0.4) is 0 Å². The number of halogens is 1. The summed E-state index contributed by atoms with van der Waals surface area (Å²) in [5, 5.41) is 10.2. The molecule has 3 rings (SSSR count). The summed E-state index contributed by atoms with van der Waals surface area (Å²) in [4.78, 5) is 0. The van der Waals surface area contributed by atoms with E-state index >= 15 is 0 Å². The van der Waals surface area contributed by atoms with E-state index in [-0.39, 0.29) is 5.82 Å². The third-order valence-corrected chi connectivity index (χ3v) is 3.90. The van der Waals surface area contributed by atoms with Gasteiger partial charge in [-0.2, -0.15) is 5.10 Å². The van der Waals surface area contributed by atoms with Crippen molar-refractivity contribution in [3.8, 4) is 17.2 Å². The predicted octanol–water partition coefficient (Wildman–Crippen LogP) is 3.70.